The van der Waals surface area contributed by atoms with Crippen molar-refractivity contribution >= 4 is 58.1 Å². The molecule has 0 unspecified atom stereocenters. The fourth-order valence-corrected chi connectivity index (χ4v) is 1.68. The molecule has 7 heteroatoms. The topological polar surface area (TPSA) is 38.7 Å². The number of aliphatic imine (C=N–C) groups is 1. The minimum absolute atomic E-state index is 0.282. The Morgan fingerprint density at radius 3 is 2.87 bits per heavy atom. The first-order chi connectivity index (χ1) is 6.90. The number of esters is 1. The Hall–Kier alpha value is 0.1000. The molecule has 84 valence electrons. The lowest BCUT2D eigenvalue weighted by atomic mass is 10.2. The number of nitrogens with zero attached hydrogens (tertiary/aromatic N) is 1. The van der Waals surface area contributed by atoms with Gasteiger partial charge in [-0.2, -0.15) is 0 Å². The molecule has 0 spiro atoms. The smallest absolute Gasteiger partial charge is 0.357 e. The van der Waals surface area contributed by atoms with Gasteiger partial charge in [-0.15, -0.1) is 11.8 Å². The normalized spacial score (nSPS) is 16.8. The molecule has 0 fully saturated rings. The molecule has 1 rings (SSSR count). The molecule has 0 bridgehead atoms. The first-order valence-electron chi connectivity index (χ1n) is 3.98. The first-order valence-corrected chi connectivity index (χ1v) is 6.16. The Labute approximate surface area is 107 Å². The van der Waals surface area contributed by atoms with Crippen LogP contribution in [0.2, 0.25) is 0 Å². The van der Waals surface area contributed by atoms with E-state index in [0.717, 1.165) is 11.3 Å². The fourth-order valence-electron chi connectivity index (χ4n) is 0.873. The molecular weight excluding hydrogens is 281 g/mol. The van der Waals surface area contributed by atoms with Crippen LogP contribution in [-0.4, -0.2) is 27.7 Å². The number of thioether (sulfide) groups is 1. The van der Waals surface area contributed by atoms with Crippen LogP contribution in [0.4, 0.5) is 0 Å². The molecule has 0 aromatic heterocycles. The molecule has 0 atom stereocenters. The lowest BCUT2D eigenvalue weighted by molar-refractivity contribution is -0.138. The molecule has 1 heterocycles. The average molecular weight is 289 g/mol. The lowest BCUT2D eigenvalue weighted by Crippen LogP contribution is -2.19. The quantitative estimate of drug-likeness (QED) is 0.579. The van der Waals surface area contributed by atoms with E-state index in [4.69, 9.17) is 39.5 Å². The van der Waals surface area contributed by atoms with E-state index in [0.29, 0.717) is 5.70 Å². The Morgan fingerprint density at radius 1 is 1.67 bits per heavy atom. The molecule has 1 aliphatic rings. The van der Waals surface area contributed by atoms with Gasteiger partial charge in [-0.3, -0.25) is 0 Å². The standard InChI is InChI=1S/C8H8Cl3NO2S/c1-5-2-15-4-12-6(5)7(13)14-3-8(9,10)11/h4H,2-3H2,1H3. The van der Waals surface area contributed by atoms with Crippen LogP contribution < -0.4 is 0 Å². The van der Waals surface area contributed by atoms with E-state index in [1.807, 2.05) is 6.92 Å². The molecule has 0 N–H and O–H groups in total. The number of hydrogen-bond donors (Lipinski definition) is 0. The third kappa shape index (κ3) is 4.64. The number of carbonyl (C=O) groups is 1. The summed E-state index contributed by atoms with van der Waals surface area (Å²) in [6.45, 7) is 1.53. The summed E-state index contributed by atoms with van der Waals surface area (Å²) in [6, 6.07) is 0. The van der Waals surface area contributed by atoms with Gasteiger partial charge < -0.3 is 4.74 Å². The molecule has 0 saturated heterocycles. The van der Waals surface area contributed by atoms with Crippen LogP contribution in [0.15, 0.2) is 16.3 Å². The monoisotopic (exact) mass is 287 g/mol. The number of hydrogen-bond acceptors (Lipinski definition) is 4. The summed E-state index contributed by atoms with van der Waals surface area (Å²) in [5.74, 6) is 0.164. The van der Waals surface area contributed by atoms with Crippen LogP contribution in [-0.2, 0) is 9.53 Å². The van der Waals surface area contributed by atoms with Gasteiger partial charge in [0.2, 0.25) is 3.79 Å². The molecule has 0 saturated carbocycles. The van der Waals surface area contributed by atoms with Crippen molar-refractivity contribution < 1.29 is 9.53 Å². The van der Waals surface area contributed by atoms with E-state index < -0.39 is 9.76 Å². The summed E-state index contributed by atoms with van der Waals surface area (Å²) in [5, 5.41) is 0. The molecular formula is C8H8Cl3NO2S. The van der Waals surface area contributed by atoms with Gasteiger partial charge in [0.05, 0.1) is 5.55 Å². The van der Waals surface area contributed by atoms with Crippen molar-refractivity contribution in [3.63, 3.8) is 0 Å². The fraction of sp³-hybridized carbons (Fsp3) is 0.500. The van der Waals surface area contributed by atoms with E-state index in [2.05, 4.69) is 4.99 Å². The zero-order valence-corrected chi connectivity index (χ0v) is 10.9. The summed E-state index contributed by atoms with van der Waals surface area (Å²) in [4.78, 5) is 15.4. The van der Waals surface area contributed by atoms with Crippen molar-refractivity contribution in [1.82, 2.24) is 0 Å². The van der Waals surface area contributed by atoms with Crippen LogP contribution >= 0.6 is 46.6 Å². The van der Waals surface area contributed by atoms with Crippen molar-refractivity contribution in [2.75, 3.05) is 12.4 Å². The second-order valence-electron chi connectivity index (χ2n) is 2.87. The highest BCUT2D eigenvalue weighted by Crippen LogP contribution is 2.27. The minimum Gasteiger partial charge on any atom is -0.456 e. The van der Waals surface area contributed by atoms with Crippen LogP contribution in [0.25, 0.3) is 0 Å². The third-order valence-corrected chi connectivity index (χ3v) is 2.70. The average Bonchev–Trinajstić information content (AvgIpc) is 2.14. The minimum atomic E-state index is -1.59. The van der Waals surface area contributed by atoms with Crippen LogP contribution in [0.5, 0.6) is 0 Å². The van der Waals surface area contributed by atoms with Crippen molar-refractivity contribution in [1.29, 1.82) is 0 Å². The van der Waals surface area contributed by atoms with Crippen LogP contribution in [0.3, 0.4) is 0 Å². The number of alkyl halides is 3. The predicted molar refractivity (Wildman–Crippen MR) is 64.9 cm³/mol. The maximum Gasteiger partial charge on any atom is 0.357 e. The largest absolute Gasteiger partial charge is 0.456 e. The Balaban J connectivity index is 2.58. The predicted octanol–water partition coefficient (Wildman–Crippen LogP) is 2.95. The highest BCUT2D eigenvalue weighted by molar-refractivity contribution is 8.12. The summed E-state index contributed by atoms with van der Waals surface area (Å²) in [7, 11) is 0. The number of rotatable bonds is 2. The summed E-state index contributed by atoms with van der Waals surface area (Å²) in [6.07, 6.45) is 0. The van der Waals surface area contributed by atoms with E-state index in [-0.39, 0.29) is 6.61 Å². The Bertz CT molecular complexity index is 322. The zero-order chi connectivity index (χ0) is 11.5. The van der Waals surface area contributed by atoms with E-state index in [1.54, 1.807) is 5.55 Å². The first kappa shape index (κ1) is 13.2. The van der Waals surface area contributed by atoms with Gasteiger partial charge in [-0.05, 0) is 12.5 Å². The Kier molecular flexibility index (Phi) is 4.77. The van der Waals surface area contributed by atoms with Crippen molar-refractivity contribution in [3.8, 4) is 0 Å². The van der Waals surface area contributed by atoms with Gasteiger partial charge in [0.15, 0.2) is 0 Å². The molecule has 0 radical (unpaired) electrons. The highest BCUT2D eigenvalue weighted by atomic mass is 35.6. The highest BCUT2D eigenvalue weighted by Gasteiger charge is 2.24. The van der Waals surface area contributed by atoms with Gasteiger partial charge in [0.25, 0.3) is 0 Å². The van der Waals surface area contributed by atoms with Crippen molar-refractivity contribution in [2.24, 2.45) is 4.99 Å². The SMILES string of the molecule is CC1=C(C(=O)OCC(Cl)(Cl)Cl)N=CSC1. The van der Waals surface area contributed by atoms with Crippen molar-refractivity contribution in [2.45, 2.75) is 10.7 Å². The molecule has 0 aliphatic carbocycles. The molecule has 3 nitrogen and oxygen atoms in total. The molecule has 0 aromatic carbocycles. The summed E-state index contributed by atoms with van der Waals surface area (Å²) in [5.41, 5.74) is 2.75. The maximum absolute atomic E-state index is 11.5. The second kappa shape index (κ2) is 5.43. The molecule has 0 aromatic rings. The Morgan fingerprint density at radius 2 is 2.33 bits per heavy atom. The van der Waals surface area contributed by atoms with Gasteiger partial charge >= 0.3 is 5.97 Å². The van der Waals surface area contributed by atoms with Crippen molar-refractivity contribution in [3.05, 3.63) is 11.3 Å². The lowest BCUT2D eigenvalue weighted by Gasteiger charge is -2.13. The molecule has 15 heavy (non-hydrogen) atoms. The van der Waals surface area contributed by atoms with E-state index >= 15 is 0 Å². The van der Waals surface area contributed by atoms with Gasteiger partial charge in [-0.25, -0.2) is 9.79 Å². The molecule has 1 aliphatic heterocycles. The van der Waals surface area contributed by atoms with Crippen LogP contribution in [0.1, 0.15) is 6.92 Å². The number of carbonyl (C=O) groups excluding carboxylic acids is 1. The van der Waals surface area contributed by atoms with Gasteiger partial charge in [0.1, 0.15) is 12.3 Å². The van der Waals surface area contributed by atoms with Gasteiger partial charge in [-0.1, -0.05) is 34.8 Å². The number of ether oxygens (including phenoxy) is 1. The van der Waals surface area contributed by atoms with Crippen LogP contribution in [0, 0.1) is 0 Å². The van der Waals surface area contributed by atoms with E-state index in [9.17, 15) is 4.79 Å². The third-order valence-electron chi connectivity index (χ3n) is 1.52. The van der Waals surface area contributed by atoms with E-state index in [1.165, 1.54) is 11.8 Å². The maximum atomic E-state index is 11.5. The second-order valence-corrected chi connectivity index (χ2v) is 6.21. The number of halogens is 3. The van der Waals surface area contributed by atoms with Gasteiger partial charge in [0, 0.05) is 5.75 Å². The summed E-state index contributed by atoms with van der Waals surface area (Å²) < 4.78 is 3.21. The summed E-state index contributed by atoms with van der Waals surface area (Å²) >= 11 is 17.9. The zero-order valence-electron chi connectivity index (χ0n) is 7.80. The molecule has 0 amide bonds.